The minimum absolute atomic E-state index is 0.223. The van der Waals surface area contributed by atoms with Crippen molar-refractivity contribution in [3.8, 4) is 11.6 Å². The number of para-hydroxylation sites is 1. The normalized spacial score (nSPS) is 10.6. The molecule has 1 N–H and O–H groups in total. The van der Waals surface area contributed by atoms with Crippen molar-refractivity contribution in [3.05, 3.63) is 56.8 Å². The topological polar surface area (TPSA) is 67.9 Å². The molecule has 6 heteroatoms. The Morgan fingerprint density at radius 1 is 1.16 bits per heavy atom. The highest BCUT2D eigenvalue weighted by molar-refractivity contribution is 14.1. The summed E-state index contributed by atoms with van der Waals surface area (Å²) >= 11 is 1.90. The fourth-order valence-corrected chi connectivity index (χ4v) is 2.11. The monoisotopic (exact) mass is 365 g/mol. The van der Waals surface area contributed by atoms with Crippen LogP contribution in [0.25, 0.3) is 10.9 Å². The Balaban J connectivity index is 2.11. The molecule has 0 aliphatic carbocycles. The van der Waals surface area contributed by atoms with Crippen LogP contribution in [0.5, 0.6) is 11.6 Å². The SMILES string of the molecule is O=c1[nH]cnc(Oc2cccc3cccnc23)c1I. The second-order valence-corrected chi connectivity index (χ2v) is 4.86. The summed E-state index contributed by atoms with van der Waals surface area (Å²) in [5.74, 6) is 0.858. The Labute approximate surface area is 121 Å². The smallest absolute Gasteiger partial charge is 0.268 e. The van der Waals surface area contributed by atoms with Crippen LogP contribution in [0.2, 0.25) is 0 Å². The molecule has 2 aromatic heterocycles. The van der Waals surface area contributed by atoms with E-state index in [0.29, 0.717) is 9.32 Å². The van der Waals surface area contributed by atoms with Crippen LogP contribution in [0.15, 0.2) is 47.7 Å². The molecule has 94 valence electrons. The summed E-state index contributed by atoms with van der Waals surface area (Å²) in [6.07, 6.45) is 3.02. The van der Waals surface area contributed by atoms with Gasteiger partial charge in [-0.15, -0.1) is 0 Å². The molecule has 0 fully saturated rings. The summed E-state index contributed by atoms with van der Waals surface area (Å²) in [4.78, 5) is 22.3. The number of hydrogen-bond acceptors (Lipinski definition) is 4. The number of ether oxygens (including phenoxy) is 1. The van der Waals surface area contributed by atoms with Crippen LogP contribution in [0.1, 0.15) is 0 Å². The van der Waals surface area contributed by atoms with Crippen LogP contribution in [-0.4, -0.2) is 15.0 Å². The number of nitrogens with one attached hydrogen (secondary N) is 1. The van der Waals surface area contributed by atoms with Gasteiger partial charge in [-0.2, -0.15) is 0 Å². The first-order valence-corrected chi connectivity index (χ1v) is 6.58. The molecule has 3 rings (SSSR count). The van der Waals surface area contributed by atoms with Crippen molar-refractivity contribution < 1.29 is 4.74 Å². The number of benzene rings is 1. The minimum Gasteiger partial charge on any atom is -0.435 e. The second-order valence-electron chi connectivity index (χ2n) is 3.78. The number of halogens is 1. The van der Waals surface area contributed by atoms with E-state index in [2.05, 4.69) is 15.0 Å². The molecule has 1 aromatic carbocycles. The summed E-state index contributed by atoms with van der Waals surface area (Å²) in [5, 5.41) is 0.972. The van der Waals surface area contributed by atoms with Crippen LogP contribution in [-0.2, 0) is 0 Å². The van der Waals surface area contributed by atoms with E-state index in [1.807, 2.05) is 46.9 Å². The molecule has 0 aliphatic rings. The molecule has 0 atom stereocenters. The zero-order chi connectivity index (χ0) is 13.2. The van der Waals surface area contributed by atoms with Gasteiger partial charge in [-0.3, -0.25) is 9.78 Å². The molecular formula is C13H8IN3O2. The lowest BCUT2D eigenvalue weighted by molar-refractivity contribution is 0.460. The molecule has 3 aromatic rings. The third kappa shape index (κ3) is 2.30. The van der Waals surface area contributed by atoms with Gasteiger partial charge in [-0.05, 0) is 34.7 Å². The zero-order valence-corrected chi connectivity index (χ0v) is 11.8. The first-order valence-electron chi connectivity index (χ1n) is 5.50. The number of pyridine rings is 1. The van der Waals surface area contributed by atoms with Crippen molar-refractivity contribution in [2.75, 3.05) is 0 Å². The van der Waals surface area contributed by atoms with Gasteiger partial charge in [0.25, 0.3) is 5.56 Å². The van der Waals surface area contributed by atoms with E-state index in [9.17, 15) is 4.79 Å². The van der Waals surface area contributed by atoms with Gasteiger partial charge in [0.15, 0.2) is 5.75 Å². The Morgan fingerprint density at radius 3 is 2.89 bits per heavy atom. The average molecular weight is 365 g/mol. The van der Waals surface area contributed by atoms with Crippen molar-refractivity contribution in [3.63, 3.8) is 0 Å². The quantitative estimate of drug-likeness (QED) is 0.710. The highest BCUT2D eigenvalue weighted by Gasteiger charge is 2.10. The largest absolute Gasteiger partial charge is 0.435 e. The molecule has 5 nitrogen and oxygen atoms in total. The summed E-state index contributed by atoms with van der Waals surface area (Å²) in [6, 6.07) is 9.44. The Kier molecular flexibility index (Phi) is 3.16. The molecule has 0 spiro atoms. The second kappa shape index (κ2) is 4.96. The molecule has 0 saturated heterocycles. The van der Waals surface area contributed by atoms with Gasteiger partial charge >= 0.3 is 0 Å². The van der Waals surface area contributed by atoms with E-state index in [-0.39, 0.29) is 11.4 Å². The summed E-state index contributed by atoms with van der Waals surface area (Å²) in [6.45, 7) is 0. The van der Waals surface area contributed by atoms with Crippen molar-refractivity contribution in [2.24, 2.45) is 0 Å². The van der Waals surface area contributed by atoms with E-state index < -0.39 is 0 Å². The maximum Gasteiger partial charge on any atom is 0.268 e. The molecule has 0 unspecified atom stereocenters. The number of fused-ring (bicyclic) bond motifs is 1. The summed E-state index contributed by atoms with van der Waals surface area (Å²) < 4.78 is 6.11. The maximum absolute atomic E-state index is 11.5. The lowest BCUT2D eigenvalue weighted by Gasteiger charge is -2.07. The number of hydrogen-bond donors (Lipinski definition) is 1. The summed E-state index contributed by atoms with van der Waals surface area (Å²) in [5.41, 5.74) is 0.515. The van der Waals surface area contributed by atoms with Crippen molar-refractivity contribution in [2.45, 2.75) is 0 Å². The molecular weight excluding hydrogens is 357 g/mol. The molecule has 0 aliphatic heterocycles. The number of aromatic nitrogens is 3. The lowest BCUT2D eigenvalue weighted by atomic mass is 10.2. The molecule has 0 radical (unpaired) electrons. The third-order valence-corrected chi connectivity index (χ3v) is 3.52. The van der Waals surface area contributed by atoms with Crippen molar-refractivity contribution >= 4 is 33.5 Å². The molecule has 2 heterocycles. The van der Waals surface area contributed by atoms with Crippen LogP contribution in [0.3, 0.4) is 0 Å². The van der Waals surface area contributed by atoms with E-state index in [0.717, 1.165) is 10.9 Å². The van der Waals surface area contributed by atoms with Gasteiger partial charge < -0.3 is 9.72 Å². The standard InChI is InChI=1S/C13H8IN3O2/c14-10-12(18)16-7-17-13(10)19-9-5-1-3-8-4-2-6-15-11(8)9/h1-7H,(H,16,17,18). The van der Waals surface area contributed by atoms with E-state index in [1.165, 1.54) is 6.33 Å². The van der Waals surface area contributed by atoms with Gasteiger partial charge in [0.1, 0.15) is 9.09 Å². The number of H-pyrrole nitrogens is 1. The van der Waals surface area contributed by atoms with E-state index >= 15 is 0 Å². The number of rotatable bonds is 2. The molecule has 0 saturated carbocycles. The van der Waals surface area contributed by atoms with E-state index in [4.69, 9.17) is 4.74 Å². The predicted octanol–water partition coefficient (Wildman–Crippen LogP) is 2.72. The highest BCUT2D eigenvalue weighted by Crippen LogP contribution is 2.28. The number of nitrogens with zero attached hydrogens (tertiary/aromatic N) is 2. The van der Waals surface area contributed by atoms with Gasteiger partial charge in [0.05, 0.1) is 6.33 Å². The lowest BCUT2D eigenvalue weighted by Crippen LogP contribution is -2.11. The molecule has 19 heavy (non-hydrogen) atoms. The Morgan fingerprint density at radius 2 is 2.00 bits per heavy atom. The fraction of sp³-hybridized carbons (Fsp3) is 0. The Hall–Kier alpha value is -1.96. The maximum atomic E-state index is 11.5. The van der Waals surface area contributed by atoms with Gasteiger partial charge in [-0.1, -0.05) is 18.2 Å². The minimum atomic E-state index is -0.223. The van der Waals surface area contributed by atoms with Crippen LogP contribution in [0.4, 0.5) is 0 Å². The van der Waals surface area contributed by atoms with Gasteiger partial charge in [0.2, 0.25) is 5.88 Å². The fourth-order valence-electron chi connectivity index (χ4n) is 1.70. The Bertz CT molecular complexity index is 796. The molecule has 0 bridgehead atoms. The summed E-state index contributed by atoms with van der Waals surface area (Å²) in [7, 11) is 0. The zero-order valence-electron chi connectivity index (χ0n) is 9.63. The van der Waals surface area contributed by atoms with Gasteiger partial charge in [-0.25, -0.2) is 4.98 Å². The highest BCUT2D eigenvalue weighted by atomic mass is 127. The van der Waals surface area contributed by atoms with Crippen LogP contribution >= 0.6 is 22.6 Å². The van der Waals surface area contributed by atoms with Crippen molar-refractivity contribution in [1.29, 1.82) is 0 Å². The predicted molar refractivity (Wildman–Crippen MR) is 79.4 cm³/mol. The van der Waals surface area contributed by atoms with Crippen LogP contribution in [0, 0.1) is 3.57 Å². The third-order valence-electron chi connectivity index (χ3n) is 2.57. The number of aromatic amines is 1. The average Bonchev–Trinajstić information content (AvgIpc) is 2.44. The molecule has 0 amide bonds. The van der Waals surface area contributed by atoms with Crippen molar-refractivity contribution in [1.82, 2.24) is 15.0 Å². The van der Waals surface area contributed by atoms with Gasteiger partial charge in [0, 0.05) is 11.6 Å². The van der Waals surface area contributed by atoms with Crippen LogP contribution < -0.4 is 10.3 Å². The van der Waals surface area contributed by atoms with E-state index in [1.54, 1.807) is 12.3 Å². The first-order chi connectivity index (χ1) is 9.25. The first kappa shape index (κ1) is 12.1.